The van der Waals surface area contributed by atoms with E-state index in [0.717, 1.165) is 77.0 Å². The van der Waals surface area contributed by atoms with Gasteiger partial charge in [-0.3, -0.25) is 9.59 Å². The Bertz CT molecular complexity index is 1230. The number of hydrogen-bond acceptors (Lipinski definition) is 6. The molecule has 0 saturated carbocycles. The van der Waals surface area contributed by atoms with E-state index >= 15 is 0 Å². The summed E-state index contributed by atoms with van der Waals surface area (Å²) in [5.74, 6) is -1.51. The number of likely N-dealkylation sites (N-methyl/N-ethyl adjacent to an activating group) is 1. The van der Waals surface area contributed by atoms with E-state index in [4.69, 9.17) is 14.2 Å². The fourth-order valence-electron chi connectivity index (χ4n) is 6.90. The molecule has 0 bridgehead atoms. The predicted octanol–water partition coefficient (Wildman–Crippen LogP) is 13.9. The second-order valence-electron chi connectivity index (χ2n) is 17.4. The van der Waals surface area contributed by atoms with E-state index in [1.807, 2.05) is 45.4 Å². The Morgan fingerprint density at radius 2 is 0.984 bits per heavy atom. The molecule has 0 saturated heterocycles. The van der Waals surface area contributed by atoms with Gasteiger partial charge in [-0.2, -0.15) is 0 Å². The van der Waals surface area contributed by atoms with Crippen molar-refractivity contribution in [3.8, 4) is 0 Å². The topological polar surface area (TPSA) is 99.1 Å². The molecule has 0 amide bonds. The van der Waals surface area contributed by atoms with Gasteiger partial charge < -0.3 is 23.8 Å². The van der Waals surface area contributed by atoms with Crippen LogP contribution < -0.4 is 0 Å². The number of aliphatic carboxylic acids is 1. The second kappa shape index (κ2) is 43.4. The molecule has 350 valence electrons. The van der Waals surface area contributed by atoms with Gasteiger partial charge in [0.2, 0.25) is 0 Å². The van der Waals surface area contributed by atoms with Crippen LogP contribution in [0.4, 0.5) is 0 Å². The molecule has 1 N–H and O–H groups in total. The summed E-state index contributed by atoms with van der Waals surface area (Å²) >= 11 is 0. The molecule has 0 fully saturated rings. The highest BCUT2D eigenvalue weighted by atomic mass is 16.6. The molecule has 0 aliphatic heterocycles. The fraction of sp³-hybridized carbons (Fsp3) is 0.717. The van der Waals surface area contributed by atoms with Crippen LogP contribution in [0.15, 0.2) is 72.9 Å². The van der Waals surface area contributed by atoms with Crippen molar-refractivity contribution in [2.75, 3.05) is 41.0 Å². The lowest BCUT2D eigenvalue weighted by molar-refractivity contribution is -0.887. The van der Waals surface area contributed by atoms with E-state index in [9.17, 15) is 19.5 Å². The summed E-state index contributed by atoms with van der Waals surface area (Å²) in [6, 6.07) is -0.624. The van der Waals surface area contributed by atoms with Crippen LogP contribution in [0.25, 0.3) is 0 Å². The zero-order valence-electron chi connectivity index (χ0n) is 39.8. The normalized spacial score (nSPS) is 13.5. The smallest absolute Gasteiger partial charge is 0.362 e. The maximum atomic E-state index is 12.7. The summed E-state index contributed by atoms with van der Waals surface area (Å²) in [7, 11) is 5.51. The van der Waals surface area contributed by atoms with Gasteiger partial charge in [0.05, 0.1) is 34.4 Å². The van der Waals surface area contributed by atoms with Crippen LogP contribution in [0.5, 0.6) is 0 Å². The summed E-state index contributed by atoms with van der Waals surface area (Å²) in [4.78, 5) is 37.1. The highest BCUT2D eigenvalue weighted by Gasteiger charge is 2.31. The number of nitrogens with zero attached hydrogens (tertiary/aromatic N) is 1. The van der Waals surface area contributed by atoms with Crippen LogP contribution >= 0.6 is 0 Å². The number of carboxylic acids is 1. The van der Waals surface area contributed by atoms with Crippen molar-refractivity contribution in [1.82, 2.24) is 0 Å². The van der Waals surface area contributed by atoms with E-state index in [0.29, 0.717) is 19.3 Å². The van der Waals surface area contributed by atoms with Crippen LogP contribution in [-0.4, -0.2) is 80.6 Å². The maximum absolute atomic E-state index is 12.7. The molecule has 0 aromatic heterocycles. The molecule has 0 rings (SSSR count). The molecule has 0 aliphatic rings. The van der Waals surface area contributed by atoms with Crippen molar-refractivity contribution < 1.29 is 38.2 Å². The predicted molar refractivity (Wildman–Crippen MR) is 257 cm³/mol. The van der Waals surface area contributed by atoms with E-state index in [-0.39, 0.29) is 36.2 Å². The largest absolute Gasteiger partial charge is 0.477 e. The second-order valence-corrected chi connectivity index (χ2v) is 17.4. The Morgan fingerprint density at radius 1 is 0.525 bits per heavy atom. The first-order chi connectivity index (χ1) is 29.6. The van der Waals surface area contributed by atoms with Gasteiger partial charge in [0.25, 0.3) is 0 Å². The highest BCUT2D eigenvalue weighted by molar-refractivity contribution is 5.72. The Labute approximate surface area is 374 Å². The van der Waals surface area contributed by atoms with Gasteiger partial charge in [-0.1, -0.05) is 183 Å². The molecule has 2 atom stereocenters. The number of hydrogen-bond donors (Lipinski definition) is 1. The van der Waals surface area contributed by atoms with Crippen molar-refractivity contribution in [1.29, 1.82) is 0 Å². The summed E-state index contributed by atoms with van der Waals surface area (Å²) in [6.45, 7) is 4.56. The van der Waals surface area contributed by atoms with Crippen LogP contribution in [0.1, 0.15) is 194 Å². The van der Waals surface area contributed by atoms with Crippen molar-refractivity contribution in [2.24, 2.45) is 0 Å². The minimum Gasteiger partial charge on any atom is -0.477 e. The Morgan fingerprint density at radius 3 is 1.49 bits per heavy atom. The first kappa shape index (κ1) is 57.8. The number of allylic oxidation sites excluding steroid dienone is 12. The number of unbranched alkanes of at least 4 members (excludes halogenated alkanes) is 20. The SMILES string of the molecule is CC/C=C/C=C/C=C/C=C/CCCCCCCC(=O)OC(COCCC(C(=O)O)[N+](C)(C)C)COC(=O)CCCCCCCCC/C=C/C/C=C/CCCCCCCCCC. The average Bonchev–Trinajstić information content (AvgIpc) is 3.22. The minimum atomic E-state index is -0.883. The lowest BCUT2D eigenvalue weighted by atomic mass is 10.1. The average molecular weight is 855 g/mol. The molecule has 8 nitrogen and oxygen atoms in total. The van der Waals surface area contributed by atoms with Crippen LogP contribution in [0.3, 0.4) is 0 Å². The Kier molecular flexibility index (Phi) is 41.1. The lowest BCUT2D eigenvalue weighted by Crippen LogP contribution is -2.50. The zero-order chi connectivity index (χ0) is 44.9. The number of ether oxygens (including phenoxy) is 3. The van der Waals surface area contributed by atoms with Gasteiger partial charge in [0, 0.05) is 19.3 Å². The Balaban J connectivity index is 4.30. The molecule has 0 spiro atoms. The molecule has 61 heavy (non-hydrogen) atoms. The van der Waals surface area contributed by atoms with Gasteiger partial charge in [0.1, 0.15) is 6.61 Å². The first-order valence-corrected chi connectivity index (χ1v) is 24.5. The standard InChI is InChI=1S/C53H91NO7/c1-6-8-10-12-14-16-18-20-22-23-24-25-26-27-28-30-31-33-35-37-39-41-43-51(55)60-48-49(47-59-46-45-50(53(57)58)54(3,4)5)61-52(56)44-42-40-38-36-34-32-29-21-19-17-15-13-11-9-7-2/h9,11,13,15,17,19,21,23-24,26-27,29,49-50H,6-8,10,12,14,16,18,20,22,25,28,30-48H2,1-5H3/p+1/b11-9+,15-13+,19-17+,24-23+,27-26+,29-21+. The van der Waals surface area contributed by atoms with Gasteiger partial charge in [0.15, 0.2) is 12.1 Å². The van der Waals surface area contributed by atoms with Crippen LogP contribution in [0, 0.1) is 0 Å². The summed E-state index contributed by atoms with van der Waals surface area (Å²) in [5.41, 5.74) is 0. The van der Waals surface area contributed by atoms with E-state index in [1.165, 1.54) is 83.5 Å². The molecule has 0 heterocycles. The van der Waals surface area contributed by atoms with Crippen molar-refractivity contribution >= 4 is 17.9 Å². The quantitative estimate of drug-likeness (QED) is 0.0214. The maximum Gasteiger partial charge on any atom is 0.362 e. The van der Waals surface area contributed by atoms with Gasteiger partial charge in [-0.05, 0) is 64.2 Å². The third-order valence-electron chi connectivity index (χ3n) is 10.7. The number of rotatable bonds is 43. The molecule has 0 aliphatic carbocycles. The van der Waals surface area contributed by atoms with E-state index in [2.05, 4.69) is 62.5 Å². The number of esters is 2. The van der Waals surface area contributed by atoms with E-state index < -0.39 is 18.1 Å². The molecule has 0 aromatic rings. The highest BCUT2D eigenvalue weighted by Crippen LogP contribution is 2.14. The van der Waals surface area contributed by atoms with Crippen LogP contribution in [-0.2, 0) is 28.6 Å². The zero-order valence-corrected chi connectivity index (χ0v) is 39.8. The van der Waals surface area contributed by atoms with Gasteiger partial charge >= 0.3 is 17.9 Å². The van der Waals surface area contributed by atoms with Gasteiger partial charge in [-0.15, -0.1) is 0 Å². The van der Waals surface area contributed by atoms with Crippen molar-refractivity contribution in [2.45, 2.75) is 206 Å². The molecule has 0 radical (unpaired) electrons. The monoisotopic (exact) mass is 855 g/mol. The third-order valence-corrected chi connectivity index (χ3v) is 10.7. The number of carboxylic acid groups (broad SMARTS) is 1. The number of quaternary nitrogens is 1. The summed E-state index contributed by atoms with van der Waals surface area (Å²) < 4.78 is 17.3. The summed E-state index contributed by atoms with van der Waals surface area (Å²) in [5, 5.41) is 9.64. The first-order valence-electron chi connectivity index (χ1n) is 24.5. The molecule has 0 aromatic carbocycles. The molecular formula is C53H92NO7+. The number of carbonyl (C=O) groups excluding carboxylic acids is 2. The Hall–Kier alpha value is -3.23. The lowest BCUT2D eigenvalue weighted by Gasteiger charge is -2.31. The van der Waals surface area contributed by atoms with Crippen molar-refractivity contribution in [3.63, 3.8) is 0 Å². The number of carbonyl (C=O) groups is 3. The van der Waals surface area contributed by atoms with Gasteiger partial charge in [-0.25, -0.2) is 4.79 Å². The van der Waals surface area contributed by atoms with Crippen molar-refractivity contribution in [3.05, 3.63) is 72.9 Å². The fourth-order valence-corrected chi connectivity index (χ4v) is 6.90. The minimum absolute atomic E-state index is 0.0453. The molecule has 8 heteroatoms. The summed E-state index contributed by atoms with van der Waals surface area (Å²) in [6.07, 6.45) is 55.2. The molecular weight excluding hydrogens is 763 g/mol. The van der Waals surface area contributed by atoms with E-state index in [1.54, 1.807) is 0 Å². The van der Waals surface area contributed by atoms with Crippen LogP contribution in [0.2, 0.25) is 0 Å². The third kappa shape index (κ3) is 41.9. The molecule has 2 unspecified atom stereocenters.